The lowest BCUT2D eigenvalue weighted by Gasteiger charge is -2.16. The first-order chi connectivity index (χ1) is 10.5. The summed E-state index contributed by atoms with van der Waals surface area (Å²) in [4.78, 5) is 12.4. The van der Waals surface area contributed by atoms with E-state index >= 15 is 0 Å². The fourth-order valence-corrected chi connectivity index (χ4v) is 2.83. The van der Waals surface area contributed by atoms with Gasteiger partial charge < -0.3 is 5.32 Å². The van der Waals surface area contributed by atoms with Crippen LogP contribution in [0.2, 0.25) is 5.02 Å². The van der Waals surface area contributed by atoms with Crippen LogP contribution < -0.4 is 5.32 Å². The summed E-state index contributed by atoms with van der Waals surface area (Å²) in [6.45, 7) is 6.17. The Hall–Kier alpha value is -1.80. The molecule has 0 fully saturated rings. The van der Waals surface area contributed by atoms with E-state index in [1.54, 1.807) is 0 Å². The van der Waals surface area contributed by atoms with Crippen molar-refractivity contribution in [1.29, 1.82) is 0 Å². The molecule has 22 heavy (non-hydrogen) atoms. The van der Waals surface area contributed by atoms with Crippen molar-refractivity contribution in [1.82, 2.24) is 0 Å². The number of anilines is 1. The molecule has 0 aliphatic carbocycles. The molecular weight excluding hydrogens is 294 g/mol. The van der Waals surface area contributed by atoms with Crippen molar-refractivity contribution in [3.63, 3.8) is 0 Å². The molecular formula is C19H22ClNO. The van der Waals surface area contributed by atoms with Gasteiger partial charge in [-0.15, -0.1) is 0 Å². The van der Waals surface area contributed by atoms with Crippen LogP contribution in [0.5, 0.6) is 0 Å². The van der Waals surface area contributed by atoms with Crippen molar-refractivity contribution >= 4 is 23.2 Å². The van der Waals surface area contributed by atoms with E-state index in [4.69, 9.17) is 11.6 Å². The molecule has 0 saturated heterocycles. The summed E-state index contributed by atoms with van der Waals surface area (Å²) in [6.07, 6.45) is 2.04. The molecule has 116 valence electrons. The number of benzene rings is 2. The predicted octanol–water partition coefficient (Wildman–Crippen LogP) is 4.95. The van der Waals surface area contributed by atoms with Crippen molar-refractivity contribution < 1.29 is 4.79 Å². The van der Waals surface area contributed by atoms with Gasteiger partial charge in [-0.1, -0.05) is 61.3 Å². The summed E-state index contributed by atoms with van der Waals surface area (Å²) in [5.41, 5.74) is 5.23. The van der Waals surface area contributed by atoms with Crippen LogP contribution in [0.25, 0.3) is 0 Å². The average molecular weight is 316 g/mol. The predicted molar refractivity (Wildman–Crippen MR) is 93.7 cm³/mol. The van der Waals surface area contributed by atoms with Crippen molar-refractivity contribution in [3.8, 4) is 0 Å². The van der Waals surface area contributed by atoms with E-state index in [9.17, 15) is 4.79 Å². The van der Waals surface area contributed by atoms with Gasteiger partial charge in [0.15, 0.2) is 0 Å². The van der Waals surface area contributed by atoms with Crippen LogP contribution in [-0.4, -0.2) is 5.91 Å². The second-order valence-electron chi connectivity index (χ2n) is 5.48. The first-order valence-corrected chi connectivity index (χ1v) is 8.08. The first kappa shape index (κ1) is 16.6. The molecule has 0 saturated carbocycles. The largest absolute Gasteiger partial charge is 0.325 e. The van der Waals surface area contributed by atoms with Crippen LogP contribution in [0.4, 0.5) is 5.69 Å². The third-order valence-electron chi connectivity index (χ3n) is 3.83. The smallest absolute Gasteiger partial charge is 0.228 e. The molecule has 3 heteroatoms. The van der Waals surface area contributed by atoms with E-state index in [1.807, 2.05) is 43.3 Å². The lowest BCUT2D eigenvalue weighted by atomic mass is 10.0. The molecule has 1 N–H and O–H groups in total. The number of aryl methyl sites for hydroxylation is 2. The van der Waals surface area contributed by atoms with Crippen molar-refractivity contribution in [3.05, 3.63) is 63.7 Å². The molecule has 2 aromatic rings. The Morgan fingerprint density at radius 1 is 1.05 bits per heavy atom. The average Bonchev–Trinajstić information content (AvgIpc) is 2.50. The molecule has 0 bridgehead atoms. The van der Waals surface area contributed by atoms with Crippen LogP contribution >= 0.6 is 11.6 Å². The SMILES string of the molecule is CCc1ccc(Cl)c(CC)c1NC(=O)Cc1ccc(C)cc1. The monoisotopic (exact) mass is 315 g/mol. The van der Waals surface area contributed by atoms with Crippen LogP contribution in [0.1, 0.15) is 36.1 Å². The quantitative estimate of drug-likeness (QED) is 0.830. The third kappa shape index (κ3) is 3.89. The van der Waals surface area contributed by atoms with Crippen LogP contribution in [-0.2, 0) is 24.1 Å². The van der Waals surface area contributed by atoms with Crippen LogP contribution in [0, 0.1) is 6.92 Å². The zero-order valence-corrected chi connectivity index (χ0v) is 14.1. The fraction of sp³-hybridized carbons (Fsp3) is 0.316. The van der Waals surface area contributed by atoms with E-state index in [0.29, 0.717) is 11.4 Å². The molecule has 2 nitrogen and oxygen atoms in total. The summed E-state index contributed by atoms with van der Waals surface area (Å²) in [6, 6.07) is 11.9. The Morgan fingerprint density at radius 2 is 1.73 bits per heavy atom. The molecule has 0 atom stereocenters. The lowest BCUT2D eigenvalue weighted by molar-refractivity contribution is -0.115. The van der Waals surface area contributed by atoms with E-state index in [2.05, 4.69) is 19.2 Å². The fourth-order valence-electron chi connectivity index (χ4n) is 2.54. The third-order valence-corrected chi connectivity index (χ3v) is 4.18. The zero-order valence-electron chi connectivity index (χ0n) is 13.4. The van der Waals surface area contributed by atoms with E-state index in [0.717, 1.165) is 35.2 Å². The Balaban J connectivity index is 2.20. The van der Waals surface area contributed by atoms with E-state index < -0.39 is 0 Å². The van der Waals surface area contributed by atoms with Crippen molar-refractivity contribution in [2.75, 3.05) is 5.32 Å². The number of carbonyl (C=O) groups is 1. The Kier molecular flexibility index (Phi) is 5.62. The first-order valence-electron chi connectivity index (χ1n) is 7.70. The maximum atomic E-state index is 12.4. The summed E-state index contributed by atoms with van der Waals surface area (Å²) in [5.74, 6) is -0.00415. The van der Waals surface area contributed by atoms with Gasteiger partial charge in [0, 0.05) is 10.7 Å². The van der Waals surface area contributed by atoms with Crippen molar-refractivity contribution in [2.24, 2.45) is 0 Å². The molecule has 0 radical (unpaired) electrons. The van der Waals surface area contributed by atoms with Gasteiger partial charge in [0.1, 0.15) is 0 Å². The highest BCUT2D eigenvalue weighted by Crippen LogP contribution is 2.29. The van der Waals surface area contributed by atoms with Crippen molar-refractivity contribution in [2.45, 2.75) is 40.0 Å². The molecule has 0 aliphatic rings. The van der Waals surface area contributed by atoms with Gasteiger partial charge in [-0.2, -0.15) is 0 Å². The van der Waals surface area contributed by atoms with E-state index in [1.165, 1.54) is 5.56 Å². The van der Waals surface area contributed by atoms with Gasteiger partial charge in [-0.05, 0) is 42.5 Å². The molecule has 2 rings (SSSR count). The minimum Gasteiger partial charge on any atom is -0.325 e. The van der Waals surface area contributed by atoms with Crippen LogP contribution in [0.15, 0.2) is 36.4 Å². The topological polar surface area (TPSA) is 29.1 Å². The van der Waals surface area contributed by atoms with Gasteiger partial charge in [-0.25, -0.2) is 0 Å². The van der Waals surface area contributed by atoms with Gasteiger partial charge in [0.2, 0.25) is 5.91 Å². The van der Waals surface area contributed by atoms with E-state index in [-0.39, 0.29) is 5.91 Å². The summed E-state index contributed by atoms with van der Waals surface area (Å²) < 4.78 is 0. The second-order valence-corrected chi connectivity index (χ2v) is 5.88. The van der Waals surface area contributed by atoms with Gasteiger partial charge in [0.05, 0.1) is 6.42 Å². The Bertz CT molecular complexity index is 662. The van der Waals surface area contributed by atoms with Gasteiger partial charge in [-0.3, -0.25) is 4.79 Å². The number of nitrogens with one attached hydrogen (secondary N) is 1. The number of hydrogen-bond acceptors (Lipinski definition) is 1. The Morgan fingerprint density at radius 3 is 2.32 bits per heavy atom. The highest BCUT2D eigenvalue weighted by Gasteiger charge is 2.13. The number of carbonyl (C=O) groups excluding carboxylic acids is 1. The second kappa shape index (κ2) is 7.46. The molecule has 0 spiro atoms. The summed E-state index contributed by atoms with van der Waals surface area (Å²) in [5, 5.41) is 3.77. The lowest BCUT2D eigenvalue weighted by Crippen LogP contribution is -2.17. The van der Waals surface area contributed by atoms with Gasteiger partial charge in [0.25, 0.3) is 0 Å². The highest BCUT2D eigenvalue weighted by molar-refractivity contribution is 6.32. The number of halogens is 1. The summed E-state index contributed by atoms with van der Waals surface area (Å²) in [7, 11) is 0. The normalized spacial score (nSPS) is 10.5. The minimum atomic E-state index is -0.00415. The van der Waals surface area contributed by atoms with Gasteiger partial charge >= 0.3 is 0 Å². The Labute approximate surface area is 137 Å². The number of hydrogen-bond donors (Lipinski definition) is 1. The molecule has 2 aromatic carbocycles. The number of amides is 1. The molecule has 0 heterocycles. The zero-order chi connectivity index (χ0) is 16.1. The number of rotatable bonds is 5. The molecule has 0 unspecified atom stereocenters. The highest BCUT2D eigenvalue weighted by atomic mass is 35.5. The maximum Gasteiger partial charge on any atom is 0.228 e. The molecule has 1 amide bonds. The van der Waals surface area contributed by atoms with Crippen LogP contribution in [0.3, 0.4) is 0 Å². The standard InChI is InChI=1S/C19H22ClNO/c1-4-15-10-11-17(20)16(5-2)19(15)21-18(22)12-14-8-6-13(3)7-9-14/h6-11H,4-5,12H2,1-3H3,(H,21,22). The molecule has 0 aromatic heterocycles. The maximum absolute atomic E-state index is 12.4. The minimum absolute atomic E-state index is 0.00415. The summed E-state index contributed by atoms with van der Waals surface area (Å²) >= 11 is 6.27. The molecule has 0 aliphatic heterocycles.